The average molecular weight is 277 g/mol. The number of aliphatic hydroxyl groups excluding tert-OH is 1. The van der Waals surface area contributed by atoms with Crippen LogP contribution in [-0.2, 0) is 4.79 Å². The summed E-state index contributed by atoms with van der Waals surface area (Å²) in [7, 11) is 1.62. The minimum absolute atomic E-state index is 0.116. The van der Waals surface area contributed by atoms with Gasteiger partial charge in [-0.3, -0.25) is 4.79 Å². The van der Waals surface area contributed by atoms with Crippen molar-refractivity contribution in [2.24, 2.45) is 5.92 Å². The van der Waals surface area contributed by atoms with Crippen LogP contribution < -0.4 is 10.1 Å². The molecule has 0 aromatic heterocycles. The number of benzene rings is 1. The van der Waals surface area contributed by atoms with Crippen molar-refractivity contribution in [1.29, 1.82) is 0 Å². The Labute approximate surface area is 120 Å². The molecule has 4 nitrogen and oxygen atoms in total. The molecule has 0 heterocycles. The van der Waals surface area contributed by atoms with E-state index < -0.39 is 0 Å². The van der Waals surface area contributed by atoms with Gasteiger partial charge in [0, 0.05) is 19.2 Å². The second-order valence-electron chi connectivity index (χ2n) is 4.92. The van der Waals surface area contributed by atoms with Crippen molar-refractivity contribution >= 4 is 11.5 Å². The lowest BCUT2D eigenvalue weighted by Gasteiger charge is -2.10. The molecule has 0 saturated carbocycles. The highest BCUT2D eigenvalue weighted by Gasteiger charge is 2.05. The van der Waals surface area contributed by atoms with Gasteiger partial charge in [0.2, 0.25) is 5.91 Å². The lowest BCUT2D eigenvalue weighted by Crippen LogP contribution is -2.27. The van der Waals surface area contributed by atoms with Gasteiger partial charge in [0.1, 0.15) is 5.75 Å². The van der Waals surface area contributed by atoms with Crippen LogP contribution in [0.3, 0.4) is 0 Å². The van der Waals surface area contributed by atoms with Gasteiger partial charge in [-0.15, -0.1) is 0 Å². The predicted octanol–water partition coefficient (Wildman–Crippen LogP) is 2.23. The van der Waals surface area contributed by atoms with E-state index in [-0.39, 0.29) is 18.4 Å². The molecule has 1 aromatic rings. The zero-order valence-corrected chi connectivity index (χ0v) is 12.3. The van der Waals surface area contributed by atoms with E-state index >= 15 is 0 Å². The molecule has 0 bridgehead atoms. The van der Waals surface area contributed by atoms with Crippen molar-refractivity contribution in [1.82, 2.24) is 5.32 Å². The van der Waals surface area contributed by atoms with Gasteiger partial charge in [-0.2, -0.15) is 0 Å². The number of hydrogen-bond acceptors (Lipinski definition) is 3. The fraction of sp³-hybridized carbons (Fsp3) is 0.438. The van der Waals surface area contributed by atoms with Crippen LogP contribution in [0.1, 0.15) is 25.8 Å². The Kier molecular flexibility index (Phi) is 6.81. The summed E-state index contributed by atoms with van der Waals surface area (Å²) in [5.41, 5.74) is 1.85. The highest BCUT2D eigenvalue weighted by atomic mass is 16.5. The molecule has 1 rings (SSSR count). The number of nitrogens with one attached hydrogen (secondary N) is 1. The second-order valence-corrected chi connectivity index (χ2v) is 4.92. The number of carbonyl (C=O) groups excluding carboxylic acids is 1. The number of allylic oxidation sites excluding steroid dienone is 1. The van der Waals surface area contributed by atoms with Crippen LogP contribution in [0, 0.1) is 5.92 Å². The molecule has 1 unspecified atom stereocenters. The summed E-state index contributed by atoms with van der Waals surface area (Å²) in [6, 6.07) is 7.60. The van der Waals surface area contributed by atoms with Gasteiger partial charge in [-0.25, -0.2) is 0 Å². The Morgan fingerprint density at radius 2 is 2.25 bits per heavy atom. The largest absolute Gasteiger partial charge is 0.497 e. The molecular formula is C16H23NO3. The summed E-state index contributed by atoms with van der Waals surface area (Å²) in [6.45, 7) is 4.61. The van der Waals surface area contributed by atoms with Gasteiger partial charge < -0.3 is 15.2 Å². The Morgan fingerprint density at radius 1 is 1.50 bits per heavy atom. The fourth-order valence-electron chi connectivity index (χ4n) is 1.80. The summed E-state index contributed by atoms with van der Waals surface area (Å²) in [4.78, 5) is 11.8. The Bertz CT molecular complexity index is 469. The van der Waals surface area contributed by atoms with Crippen molar-refractivity contribution in [2.45, 2.75) is 20.3 Å². The van der Waals surface area contributed by atoms with Crippen LogP contribution in [0.15, 0.2) is 30.3 Å². The van der Waals surface area contributed by atoms with E-state index in [0.717, 1.165) is 16.9 Å². The molecule has 0 spiro atoms. The maximum absolute atomic E-state index is 11.8. The zero-order chi connectivity index (χ0) is 15.0. The van der Waals surface area contributed by atoms with Gasteiger partial charge in [0.05, 0.1) is 7.11 Å². The topological polar surface area (TPSA) is 58.6 Å². The molecule has 0 aliphatic heterocycles. The third kappa shape index (κ3) is 5.45. The summed E-state index contributed by atoms with van der Waals surface area (Å²) in [5, 5.41) is 11.6. The minimum Gasteiger partial charge on any atom is -0.497 e. The first-order chi connectivity index (χ1) is 9.56. The second kappa shape index (κ2) is 8.38. The number of carbonyl (C=O) groups is 1. The van der Waals surface area contributed by atoms with Crippen molar-refractivity contribution < 1.29 is 14.6 Å². The van der Waals surface area contributed by atoms with Gasteiger partial charge in [-0.05, 0) is 42.5 Å². The predicted molar refractivity (Wildman–Crippen MR) is 80.5 cm³/mol. The smallest absolute Gasteiger partial charge is 0.244 e. The molecule has 0 fully saturated rings. The molecular weight excluding hydrogens is 254 g/mol. The Hall–Kier alpha value is -1.81. The molecule has 0 aliphatic carbocycles. The monoisotopic (exact) mass is 277 g/mol. The fourth-order valence-corrected chi connectivity index (χ4v) is 1.80. The van der Waals surface area contributed by atoms with Crippen molar-refractivity contribution in [3.63, 3.8) is 0 Å². The molecule has 1 amide bonds. The van der Waals surface area contributed by atoms with Gasteiger partial charge in [0.25, 0.3) is 0 Å². The van der Waals surface area contributed by atoms with Crippen LogP contribution in [0.25, 0.3) is 5.57 Å². The SMILES string of the molecule is COc1cccc(/C(C)=C/C(=O)NCC(C)CCO)c1. The lowest BCUT2D eigenvalue weighted by atomic mass is 10.1. The van der Waals surface area contributed by atoms with E-state index in [4.69, 9.17) is 9.84 Å². The molecule has 1 aromatic carbocycles. The molecule has 0 radical (unpaired) electrons. The van der Waals surface area contributed by atoms with Crippen molar-refractivity contribution in [3.8, 4) is 5.75 Å². The van der Waals surface area contributed by atoms with Crippen LogP contribution in [0.5, 0.6) is 5.75 Å². The first-order valence-electron chi connectivity index (χ1n) is 6.78. The van der Waals surface area contributed by atoms with Gasteiger partial charge >= 0.3 is 0 Å². The molecule has 0 aliphatic rings. The number of ether oxygens (including phenoxy) is 1. The minimum atomic E-state index is -0.116. The standard InChI is InChI=1S/C16H23NO3/c1-12(7-8-18)11-17-16(19)9-13(2)14-5-4-6-15(10-14)20-3/h4-6,9-10,12,18H,7-8,11H2,1-3H3,(H,17,19)/b13-9+. The van der Waals surface area contributed by atoms with E-state index in [9.17, 15) is 4.79 Å². The third-order valence-corrected chi connectivity index (χ3v) is 3.12. The van der Waals surface area contributed by atoms with E-state index in [1.165, 1.54) is 0 Å². The lowest BCUT2D eigenvalue weighted by molar-refractivity contribution is -0.116. The highest BCUT2D eigenvalue weighted by Crippen LogP contribution is 2.19. The number of aliphatic hydroxyl groups is 1. The van der Waals surface area contributed by atoms with E-state index in [1.807, 2.05) is 38.1 Å². The van der Waals surface area contributed by atoms with Crippen molar-refractivity contribution in [3.05, 3.63) is 35.9 Å². The molecule has 2 N–H and O–H groups in total. The molecule has 4 heteroatoms. The Morgan fingerprint density at radius 3 is 2.90 bits per heavy atom. The van der Waals surface area contributed by atoms with E-state index in [2.05, 4.69) is 5.32 Å². The number of amides is 1. The van der Waals surface area contributed by atoms with E-state index in [1.54, 1.807) is 13.2 Å². The Balaban J connectivity index is 2.61. The molecule has 0 saturated heterocycles. The van der Waals surface area contributed by atoms with Gasteiger partial charge in [-0.1, -0.05) is 19.1 Å². The molecule has 20 heavy (non-hydrogen) atoms. The normalized spacial score (nSPS) is 12.9. The van der Waals surface area contributed by atoms with Crippen LogP contribution in [0.2, 0.25) is 0 Å². The molecule has 110 valence electrons. The quantitative estimate of drug-likeness (QED) is 0.751. The maximum atomic E-state index is 11.8. The van der Waals surface area contributed by atoms with Crippen LogP contribution in [0.4, 0.5) is 0 Å². The summed E-state index contributed by atoms with van der Waals surface area (Å²) < 4.78 is 5.16. The van der Waals surface area contributed by atoms with Crippen LogP contribution in [-0.4, -0.2) is 31.3 Å². The first-order valence-corrected chi connectivity index (χ1v) is 6.78. The van der Waals surface area contributed by atoms with Crippen LogP contribution >= 0.6 is 0 Å². The number of methoxy groups -OCH3 is 1. The summed E-state index contributed by atoms with van der Waals surface area (Å²) >= 11 is 0. The maximum Gasteiger partial charge on any atom is 0.244 e. The van der Waals surface area contributed by atoms with Crippen molar-refractivity contribution in [2.75, 3.05) is 20.3 Å². The third-order valence-electron chi connectivity index (χ3n) is 3.12. The van der Waals surface area contributed by atoms with Gasteiger partial charge in [0.15, 0.2) is 0 Å². The zero-order valence-electron chi connectivity index (χ0n) is 12.3. The highest BCUT2D eigenvalue weighted by molar-refractivity contribution is 5.94. The summed E-state index contributed by atoms with van der Waals surface area (Å²) in [6.07, 6.45) is 2.28. The number of rotatable bonds is 7. The summed E-state index contributed by atoms with van der Waals surface area (Å²) in [5.74, 6) is 0.928. The average Bonchev–Trinajstić information content (AvgIpc) is 2.45. The number of hydrogen-bond donors (Lipinski definition) is 2. The van der Waals surface area contributed by atoms with E-state index in [0.29, 0.717) is 13.0 Å². The first kappa shape index (κ1) is 16.2. The molecule has 1 atom stereocenters.